The Morgan fingerprint density at radius 2 is 2.53 bits per heavy atom. The predicted octanol–water partition coefficient (Wildman–Crippen LogP) is 0.917. The highest BCUT2D eigenvalue weighted by atomic mass is 16.1. The van der Waals surface area contributed by atoms with Crippen LogP contribution in [0.5, 0.6) is 0 Å². The van der Waals surface area contributed by atoms with Crippen LogP contribution in [0.15, 0.2) is 6.07 Å². The molecule has 0 bridgehead atoms. The minimum atomic E-state index is 0.535. The third-order valence-electron chi connectivity index (χ3n) is 2.96. The topological polar surface area (TPSA) is 46.9 Å². The van der Waals surface area contributed by atoms with Gasteiger partial charge in [-0.3, -0.25) is 9.48 Å². The number of aldehydes is 1. The van der Waals surface area contributed by atoms with Gasteiger partial charge in [-0.1, -0.05) is 6.42 Å². The number of rotatable bonds is 3. The minimum Gasteiger partial charge on any atom is -0.314 e. The summed E-state index contributed by atoms with van der Waals surface area (Å²) in [6.45, 7) is 1.11. The molecule has 82 valence electrons. The number of carbonyl (C=O) groups is 1. The molecule has 2 rings (SSSR count). The molecule has 1 atom stereocenters. The van der Waals surface area contributed by atoms with Gasteiger partial charge in [0.1, 0.15) is 5.69 Å². The zero-order valence-corrected chi connectivity index (χ0v) is 9.07. The van der Waals surface area contributed by atoms with Crippen molar-refractivity contribution in [3.8, 4) is 0 Å². The van der Waals surface area contributed by atoms with Crippen molar-refractivity contribution < 1.29 is 4.79 Å². The second-order valence-electron chi connectivity index (χ2n) is 4.15. The first kappa shape index (κ1) is 10.4. The Morgan fingerprint density at radius 1 is 1.67 bits per heavy atom. The lowest BCUT2D eigenvalue weighted by molar-refractivity contribution is 0.111. The third kappa shape index (κ3) is 2.45. The highest BCUT2D eigenvalue weighted by Crippen LogP contribution is 2.12. The van der Waals surface area contributed by atoms with E-state index in [1.165, 1.54) is 19.3 Å². The summed E-state index contributed by atoms with van der Waals surface area (Å²) in [4.78, 5) is 10.7. The van der Waals surface area contributed by atoms with Crippen LogP contribution in [0.4, 0.5) is 0 Å². The van der Waals surface area contributed by atoms with Crippen LogP contribution in [0.1, 0.15) is 35.4 Å². The van der Waals surface area contributed by atoms with Crippen molar-refractivity contribution in [1.29, 1.82) is 0 Å². The summed E-state index contributed by atoms with van der Waals surface area (Å²) in [6.07, 6.45) is 5.57. The van der Waals surface area contributed by atoms with Crippen molar-refractivity contribution in [2.75, 3.05) is 6.54 Å². The number of hydrogen-bond donors (Lipinski definition) is 1. The smallest absolute Gasteiger partial charge is 0.168 e. The maximum atomic E-state index is 10.7. The van der Waals surface area contributed by atoms with Crippen LogP contribution in [0.3, 0.4) is 0 Å². The van der Waals surface area contributed by atoms with Crippen LogP contribution >= 0.6 is 0 Å². The molecule has 1 aromatic heterocycles. The lowest BCUT2D eigenvalue weighted by Crippen LogP contribution is -2.35. The van der Waals surface area contributed by atoms with Gasteiger partial charge in [-0.2, -0.15) is 5.10 Å². The fourth-order valence-corrected chi connectivity index (χ4v) is 2.10. The SMILES string of the molecule is Cn1nc(CC2CCCCN2)cc1C=O. The van der Waals surface area contributed by atoms with E-state index in [0.29, 0.717) is 11.7 Å². The average Bonchev–Trinajstić information content (AvgIpc) is 2.60. The molecule has 0 aromatic carbocycles. The Hall–Kier alpha value is -1.16. The molecule has 0 spiro atoms. The second kappa shape index (κ2) is 4.57. The van der Waals surface area contributed by atoms with Gasteiger partial charge in [0.15, 0.2) is 6.29 Å². The van der Waals surface area contributed by atoms with Gasteiger partial charge in [-0.25, -0.2) is 0 Å². The fourth-order valence-electron chi connectivity index (χ4n) is 2.10. The molecule has 4 nitrogen and oxygen atoms in total. The predicted molar refractivity (Wildman–Crippen MR) is 57.9 cm³/mol. The Morgan fingerprint density at radius 3 is 3.13 bits per heavy atom. The van der Waals surface area contributed by atoms with E-state index in [0.717, 1.165) is 24.9 Å². The highest BCUT2D eigenvalue weighted by molar-refractivity contribution is 5.72. The summed E-state index contributed by atoms with van der Waals surface area (Å²) in [7, 11) is 1.81. The molecule has 0 saturated carbocycles. The molecular weight excluding hydrogens is 190 g/mol. The number of nitrogens with one attached hydrogen (secondary N) is 1. The molecule has 1 aliphatic rings. The van der Waals surface area contributed by atoms with Crippen molar-refractivity contribution in [3.63, 3.8) is 0 Å². The fraction of sp³-hybridized carbons (Fsp3) is 0.636. The molecule has 0 radical (unpaired) electrons. The Labute approximate surface area is 89.7 Å². The summed E-state index contributed by atoms with van der Waals surface area (Å²) < 4.78 is 1.64. The maximum Gasteiger partial charge on any atom is 0.168 e. The molecule has 1 aliphatic heterocycles. The number of aryl methyl sites for hydroxylation is 1. The Kier molecular flexibility index (Phi) is 3.16. The van der Waals surface area contributed by atoms with E-state index >= 15 is 0 Å². The maximum absolute atomic E-state index is 10.7. The first-order valence-corrected chi connectivity index (χ1v) is 5.51. The van der Waals surface area contributed by atoms with Crippen LogP contribution in [-0.2, 0) is 13.5 Å². The molecule has 1 saturated heterocycles. The number of aromatic nitrogens is 2. The molecule has 1 N–H and O–H groups in total. The average molecular weight is 207 g/mol. The monoisotopic (exact) mass is 207 g/mol. The van der Waals surface area contributed by atoms with Crippen molar-refractivity contribution >= 4 is 6.29 Å². The summed E-state index contributed by atoms with van der Waals surface area (Å²) in [6, 6.07) is 2.41. The molecule has 1 unspecified atom stereocenters. The van der Waals surface area contributed by atoms with E-state index in [9.17, 15) is 4.79 Å². The largest absolute Gasteiger partial charge is 0.314 e. The van der Waals surface area contributed by atoms with Crippen molar-refractivity contribution in [2.24, 2.45) is 7.05 Å². The number of hydrogen-bond acceptors (Lipinski definition) is 3. The van der Waals surface area contributed by atoms with Gasteiger partial charge < -0.3 is 5.32 Å². The van der Waals surface area contributed by atoms with Crippen molar-refractivity contribution in [3.05, 3.63) is 17.5 Å². The molecule has 2 heterocycles. The second-order valence-corrected chi connectivity index (χ2v) is 4.15. The Bertz CT molecular complexity index is 340. The molecule has 4 heteroatoms. The highest BCUT2D eigenvalue weighted by Gasteiger charge is 2.15. The zero-order chi connectivity index (χ0) is 10.7. The van der Waals surface area contributed by atoms with Crippen LogP contribution in [0.25, 0.3) is 0 Å². The normalized spacial score (nSPS) is 21.5. The zero-order valence-electron chi connectivity index (χ0n) is 9.07. The van der Waals surface area contributed by atoms with Gasteiger partial charge in [-0.15, -0.1) is 0 Å². The van der Waals surface area contributed by atoms with Crippen molar-refractivity contribution in [1.82, 2.24) is 15.1 Å². The van der Waals surface area contributed by atoms with Crippen molar-refractivity contribution in [2.45, 2.75) is 31.7 Å². The first-order chi connectivity index (χ1) is 7.29. The summed E-state index contributed by atoms with van der Waals surface area (Å²) in [5.41, 5.74) is 1.67. The lowest BCUT2D eigenvalue weighted by atomic mass is 10.0. The summed E-state index contributed by atoms with van der Waals surface area (Å²) in [5.74, 6) is 0. The standard InChI is InChI=1S/C11H17N3O/c1-14-11(8-15)7-10(13-14)6-9-4-2-3-5-12-9/h7-9,12H,2-6H2,1H3. The summed E-state index contributed by atoms with van der Waals surface area (Å²) >= 11 is 0. The van der Waals surface area contributed by atoms with E-state index in [-0.39, 0.29) is 0 Å². The van der Waals surface area contributed by atoms with Gasteiger partial charge in [-0.05, 0) is 25.5 Å². The molecule has 15 heavy (non-hydrogen) atoms. The summed E-state index contributed by atoms with van der Waals surface area (Å²) in [5, 5.41) is 7.80. The van der Waals surface area contributed by atoms with E-state index in [4.69, 9.17) is 0 Å². The number of piperidine rings is 1. The molecule has 1 fully saturated rings. The van der Waals surface area contributed by atoms with E-state index in [1.54, 1.807) is 4.68 Å². The quantitative estimate of drug-likeness (QED) is 0.750. The number of carbonyl (C=O) groups excluding carboxylic acids is 1. The third-order valence-corrected chi connectivity index (χ3v) is 2.96. The van der Waals surface area contributed by atoms with Gasteiger partial charge in [0.2, 0.25) is 0 Å². The molecule has 0 amide bonds. The molecule has 1 aromatic rings. The van der Waals surface area contributed by atoms with Crippen LogP contribution in [0, 0.1) is 0 Å². The van der Waals surface area contributed by atoms with Crippen LogP contribution in [-0.4, -0.2) is 28.7 Å². The minimum absolute atomic E-state index is 0.535. The van der Waals surface area contributed by atoms with Crippen LogP contribution in [0.2, 0.25) is 0 Å². The van der Waals surface area contributed by atoms with Gasteiger partial charge in [0, 0.05) is 19.5 Å². The first-order valence-electron chi connectivity index (χ1n) is 5.51. The molecule has 0 aliphatic carbocycles. The van der Waals surface area contributed by atoms with E-state index < -0.39 is 0 Å². The van der Waals surface area contributed by atoms with E-state index in [2.05, 4.69) is 10.4 Å². The lowest BCUT2D eigenvalue weighted by Gasteiger charge is -2.22. The van der Waals surface area contributed by atoms with Crippen LogP contribution < -0.4 is 5.32 Å². The van der Waals surface area contributed by atoms with Gasteiger partial charge >= 0.3 is 0 Å². The van der Waals surface area contributed by atoms with E-state index in [1.807, 2.05) is 13.1 Å². The van der Waals surface area contributed by atoms with Gasteiger partial charge in [0.05, 0.1) is 5.69 Å². The molecular formula is C11H17N3O. The van der Waals surface area contributed by atoms with Gasteiger partial charge in [0.25, 0.3) is 0 Å². The Balaban J connectivity index is 2.00. The number of nitrogens with zero attached hydrogens (tertiary/aromatic N) is 2.